The summed E-state index contributed by atoms with van der Waals surface area (Å²) in [6, 6.07) is 0. The van der Waals surface area contributed by atoms with Gasteiger partial charge in [-0.25, -0.2) is 0 Å². The minimum absolute atomic E-state index is 0.0421. The van der Waals surface area contributed by atoms with E-state index < -0.39 is 91.6 Å². The Hall–Kier alpha value is -1.23. The van der Waals surface area contributed by atoms with Gasteiger partial charge in [0.05, 0.1) is 24.2 Å². The molecular weight excluding hydrogens is 592 g/mol. The van der Waals surface area contributed by atoms with Crippen molar-refractivity contribution in [1.82, 2.24) is 0 Å². The molecule has 16 atom stereocenters. The minimum atomic E-state index is -1.67. The maximum atomic E-state index is 13.9. The van der Waals surface area contributed by atoms with Crippen LogP contribution in [0, 0.1) is 28.1 Å². The summed E-state index contributed by atoms with van der Waals surface area (Å²) in [6.07, 6.45) is -7.82. The smallest absolute Gasteiger partial charge is 0.314 e. The number of carbonyl (C=O) groups excluding carboxylic acids is 1. The Labute approximate surface area is 262 Å². The Morgan fingerprint density at radius 3 is 2.00 bits per heavy atom. The molecule has 256 valence electrons. The first-order chi connectivity index (χ1) is 21.2. The molecule has 8 N–H and O–H groups in total. The number of fused-ring (bicyclic) bond motifs is 3. The van der Waals surface area contributed by atoms with Crippen LogP contribution in [-0.4, -0.2) is 127 Å². The van der Waals surface area contributed by atoms with Gasteiger partial charge < -0.3 is 59.8 Å². The van der Waals surface area contributed by atoms with E-state index in [9.17, 15) is 45.6 Å². The van der Waals surface area contributed by atoms with Gasteiger partial charge in [0, 0.05) is 0 Å². The van der Waals surface area contributed by atoms with Crippen molar-refractivity contribution < 1.29 is 64.6 Å². The summed E-state index contributed by atoms with van der Waals surface area (Å²) in [7, 11) is 0. The van der Waals surface area contributed by atoms with Crippen molar-refractivity contribution in [3.05, 3.63) is 12.2 Å². The molecule has 45 heavy (non-hydrogen) atoms. The summed E-state index contributed by atoms with van der Waals surface area (Å²) in [4.78, 5) is 13.9. The molecule has 0 aromatic carbocycles. The molecule has 4 saturated carbocycles. The molecule has 6 rings (SSSR count). The van der Waals surface area contributed by atoms with Crippen molar-refractivity contribution in [2.24, 2.45) is 28.1 Å². The van der Waals surface area contributed by atoms with E-state index in [-0.39, 0.29) is 22.7 Å². The number of ether oxygens (including phenoxy) is 4. The highest BCUT2D eigenvalue weighted by Crippen LogP contribution is 2.73. The number of aliphatic hydroxyl groups is 8. The largest absolute Gasteiger partial charge is 0.432 e. The Balaban J connectivity index is 1.20. The first-order valence-corrected chi connectivity index (χ1v) is 16.3. The molecule has 1 spiro atoms. The maximum Gasteiger partial charge on any atom is 0.314 e. The fourth-order valence-electron chi connectivity index (χ4n) is 10.5. The van der Waals surface area contributed by atoms with Gasteiger partial charge in [0.25, 0.3) is 0 Å². The molecule has 0 aromatic heterocycles. The lowest BCUT2D eigenvalue weighted by Gasteiger charge is -2.64. The molecule has 1 unspecified atom stereocenters. The zero-order chi connectivity index (χ0) is 32.7. The van der Waals surface area contributed by atoms with Crippen molar-refractivity contribution in [3.8, 4) is 0 Å². The van der Waals surface area contributed by atoms with Crippen LogP contribution in [0.2, 0.25) is 0 Å². The molecule has 13 nitrogen and oxygen atoms in total. The Morgan fingerprint density at radius 2 is 1.38 bits per heavy atom. The van der Waals surface area contributed by atoms with E-state index in [1.807, 2.05) is 6.92 Å². The van der Waals surface area contributed by atoms with Gasteiger partial charge in [-0.15, -0.1) is 0 Å². The molecule has 0 aromatic rings. The number of hydrogen-bond acceptors (Lipinski definition) is 13. The third kappa shape index (κ3) is 5.04. The SMILES string of the molecule is C=C1C[C@@]23CC[C@H]4[C@@](C)(CCC[C@@]4(C)C(=O)O[C@@H]4O[C@H](CO)[C@@H](O)[C@H](O)[C@H]4O)[C@@H]2CCC1(O[C@@H]1O[C@H](CO)[C@@H](O)[C@H](O)[C@H]1O)C3. The van der Waals surface area contributed by atoms with Crippen LogP contribution in [0.5, 0.6) is 0 Å². The van der Waals surface area contributed by atoms with Crippen molar-refractivity contribution in [2.45, 2.75) is 139 Å². The van der Waals surface area contributed by atoms with Gasteiger partial charge in [-0.05, 0) is 86.5 Å². The zero-order valence-electron chi connectivity index (χ0n) is 26.0. The van der Waals surface area contributed by atoms with E-state index in [0.29, 0.717) is 25.7 Å². The Kier molecular flexibility index (Phi) is 8.77. The number of carbonyl (C=O) groups is 1. The van der Waals surface area contributed by atoms with Crippen LogP contribution >= 0.6 is 0 Å². The number of rotatable bonds is 6. The second-order valence-corrected chi connectivity index (χ2v) is 15.2. The van der Waals surface area contributed by atoms with Crippen LogP contribution in [0.4, 0.5) is 0 Å². The summed E-state index contributed by atoms with van der Waals surface area (Å²) in [6.45, 7) is 7.41. The van der Waals surface area contributed by atoms with E-state index in [1.165, 1.54) is 0 Å². The van der Waals surface area contributed by atoms with E-state index in [2.05, 4.69) is 13.5 Å². The standard InChI is InChI=1S/C32H50O13/c1-15-11-31-9-5-18-29(2,7-4-8-30(18,3)28(41)44-26-24(39)22(37)20(35)16(12-33)42-26)19(31)6-10-32(15,14-31)45-27-25(40)23(38)21(36)17(13-34)43-27/h16-27,33-40H,1,4-14H2,2-3H3/t16-,17-,18+,19+,20-,21-,22+,23+,24-,25-,26+,27+,29-,30-,31-,32?/m1/s1. The van der Waals surface area contributed by atoms with Crippen molar-refractivity contribution >= 4 is 5.97 Å². The highest BCUT2D eigenvalue weighted by Gasteiger charge is 2.69. The molecule has 4 aliphatic carbocycles. The highest BCUT2D eigenvalue weighted by atomic mass is 16.7. The molecular formula is C32H50O13. The molecule has 2 heterocycles. The number of hydrogen-bond donors (Lipinski definition) is 8. The molecule has 6 aliphatic rings. The predicted octanol–water partition coefficient (Wildman–Crippen LogP) is -0.762. The fourth-order valence-corrected chi connectivity index (χ4v) is 10.5. The quantitative estimate of drug-likeness (QED) is 0.102. The minimum Gasteiger partial charge on any atom is -0.432 e. The Bertz CT molecular complexity index is 1150. The average Bonchev–Trinajstić information content (AvgIpc) is 3.20. The lowest BCUT2D eigenvalue weighted by atomic mass is 9.41. The molecule has 0 amide bonds. The van der Waals surface area contributed by atoms with Gasteiger partial charge in [0.1, 0.15) is 48.8 Å². The molecule has 0 radical (unpaired) electrons. The van der Waals surface area contributed by atoms with Crippen LogP contribution < -0.4 is 0 Å². The van der Waals surface area contributed by atoms with Crippen LogP contribution in [0.3, 0.4) is 0 Å². The second kappa shape index (κ2) is 11.7. The van der Waals surface area contributed by atoms with Gasteiger partial charge in [0.15, 0.2) is 6.29 Å². The summed E-state index contributed by atoms with van der Waals surface area (Å²) < 4.78 is 23.4. The van der Waals surface area contributed by atoms with Crippen molar-refractivity contribution in [1.29, 1.82) is 0 Å². The number of esters is 1. The van der Waals surface area contributed by atoms with Crippen LogP contribution in [0.1, 0.15) is 71.6 Å². The van der Waals surface area contributed by atoms with Crippen molar-refractivity contribution in [3.63, 3.8) is 0 Å². The topological polar surface area (TPSA) is 216 Å². The van der Waals surface area contributed by atoms with E-state index in [4.69, 9.17) is 18.9 Å². The van der Waals surface area contributed by atoms with Gasteiger partial charge in [-0.2, -0.15) is 0 Å². The second-order valence-electron chi connectivity index (χ2n) is 15.2. The third-order valence-corrected chi connectivity index (χ3v) is 12.9. The molecule has 2 saturated heterocycles. The summed E-state index contributed by atoms with van der Waals surface area (Å²) in [5.74, 6) is -0.348. The van der Waals surface area contributed by atoms with Gasteiger partial charge in [-0.1, -0.05) is 19.9 Å². The zero-order valence-corrected chi connectivity index (χ0v) is 26.0. The molecule has 13 heteroatoms. The first-order valence-electron chi connectivity index (χ1n) is 16.3. The Morgan fingerprint density at radius 1 is 0.800 bits per heavy atom. The van der Waals surface area contributed by atoms with Gasteiger partial charge >= 0.3 is 5.97 Å². The van der Waals surface area contributed by atoms with Gasteiger partial charge in [-0.3, -0.25) is 4.79 Å². The molecule has 2 bridgehead atoms. The summed E-state index contributed by atoms with van der Waals surface area (Å²) in [5, 5.41) is 81.4. The molecule has 6 fully saturated rings. The van der Waals surface area contributed by atoms with E-state index in [1.54, 1.807) is 0 Å². The predicted molar refractivity (Wildman–Crippen MR) is 154 cm³/mol. The lowest BCUT2D eigenvalue weighted by molar-refractivity contribution is -0.327. The van der Waals surface area contributed by atoms with E-state index >= 15 is 0 Å². The number of aliphatic hydroxyl groups excluding tert-OH is 8. The summed E-state index contributed by atoms with van der Waals surface area (Å²) in [5.41, 5.74) is -1.20. The highest BCUT2D eigenvalue weighted by molar-refractivity contribution is 5.77. The first kappa shape index (κ1) is 33.7. The maximum absolute atomic E-state index is 13.9. The fraction of sp³-hybridized carbons (Fsp3) is 0.906. The monoisotopic (exact) mass is 642 g/mol. The third-order valence-electron chi connectivity index (χ3n) is 12.9. The van der Waals surface area contributed by atoms with E-state index in [0.717, 1.165) is 37.7 Å². The van der Waals surface area contributed by atoms with Crippen LogP contribution in [0.25, 0.3) is 0 Å². The average molecular weight is 643 g/mol. The van der Waals surface area contributed by atoms with Crippen LogP contribution in [0.15, 0.2) is 12.2 Å². The molecule has 2 aliphatic heterocycles. The van der Waals surface area contributed by atoms with Crippen molar-refractivity contribution in [2.75, 3.05) is 13.2 Å². The normalized spacial score (nSPS) is 54.7. The van der Waals surface area contributed by atoms with Crippen LogP contribution in [-0.2, 0) is 23.7 Å². The van der Waals surface area contributed by atoms with Gasteiger partial charge in [0.2, 0.25) is 6.29 Å². The lowest BCUT2D eigenvalue weighted by Crippen LogP contribution is -2.63. The summed E-state index contributed by atoms with van der Waals surface area (Å²) >= 11 is 0.